The summed E-state index contributed by atoms with van der Waals surface area (Å²) in [4.78, 5) is 0. The Morgan fingerprint density at radius 1 is 1.00 bits per heavy atom. The van der Waals surface area contributed by atoms with Crippen LogP contribution in [0.1, 0.15) is 17.0 Å². The van der Waals surface area contributed by atoms with Crippen LogP contribution in [0.25, 0.3) is 0 Å². The number of benzene rings is 2. The van der Waals surface area contributed by atoms with Crippen molar-refractivity contribution in [3.63, 3.8) is 0 Å². The molecule has 2 N–H and O–H groups in total. The molecule has 2 nitrogen and oxygen atoms in total. The van der Waals surface area contributed by atoms with Crippen LogP contribution in [-0.4, -0.2) is 0 Å². The number of anilines is 1. The highest BCUT2D eigenvalue weighted by atomic mass is 35.5. The number of halogens is 3. The first-order chi connectivity index (χ1) is 9.02. The molecule has 2 aromatic carbocycles. The molecule has 1 atom stereocenters. The van der Waals surface area contributed by atoms with E-state index in [1.165, 1.54) is 0 Å². The van der Waals surface area contributed by atoms with Gasteiger partial charge in [0.05, 0.1) is 12.0 Å². The molecule has 5 heteroatoms. The lowest BCUT2D eigenvalue weighted by Crippen LogP contribution is -2.01. The second kappa shape index (κ2) is 5.71. The minimum atomic E-state index is -0.558. The largest absolute Gasteiger partial charge is 0.399 e. The van der Waals surface area contributed by atoms with E-state index in [1.54, 1.807) is 36.4 Å². The highest BCUT2D eigenvalue weighted by Crippen LogP contribution is 2.37. The molecule has 19 heavy (non-hydrogen) atoms. The Hall–Kier alpha value is -1.40. The molecule has 0 aromatic heterocycles. The van der Waals surface area contributed by atoms with Crippen LogP contribution in [0.2, 0.25) is 15.1 Å². The maximum Gasteiger partial charge on any atom is 0.0991 e. The van der Waals surface area contributed by atoms with Crippen molar-refractivity contribution in [1.29, 1.82) is 5.26 Å². The minimum absolute atomic E-state index is 0.381. The zero-order valence-corrected chi connectivity index (χ0v) is 12.0. The molecular formula is C14H9Cl3N2. The molecule has 0 saturated heterocycles. The quantitative estimate of drug-likeness (QED) is 0.803. The van der Waals surface area contributed by atoms with E-state index < -0.39 is 5.92 Å². The summed E-state index contributed by atoms with van der Waals surface area (Å²) in [6.07, 6.45) is 0. The van der Waals surface area contributed by atoms with Gasteiger partial charge in [0.25, 0.3) is 0 Å². The number of rotatable bonds is 2. The molecule has 0 radical (unpaired) electrons. The Bertz CT molecular complexity index is 622. The summed E-state index contributed by atoms with van der Waals surface area (Å²) in [6, 6.07) is 12.4. The molecule has 0 fully saturated rings. The summed E-state index contributed by atoms with van der Waals surface area (Å²) >= 11 is 18.1. The second-order valence-electron chi connectivity index (χ2n) is 4.01. The maximum atomic E-state index is 9.39. The molecule has 0 bridgehead atoms. The lowest BCUT2D eigenvalue weighted by Gasteiger charge is -2.14. The summed E-state index contributed by atoms with van der Waals surface area (Å²) in [7, 11) is 0. The highest BCUT2D eigenvalue weighted by molar-refractivity contribution is 6.36. The van der Waals surface area contributed by atoms with Crippen LogP contribution in [0, 0.1) is 11.3 Å². The fourth-order valence-electron chi connectivity index (χ4n) is 1.84. The van der Waals surface area contributed by atoms with Crippen molar-refractivity contribution in [2.75, 3.05) is 5.73 Å². The number of nitrogens with two attached hydrogens (primary N) is 1. The van der Waals surface area contributed by atoms with Gasteiger partial charge in [-0.1, -0.05) is 46.9 Å². The standard InChI is InChI=1S/C14H9Cl3N2/c15-9-3-1-8(2-4-9)11(7-18)14-12(16)5-10(19)6-13(14)17/h1-6,11H,19H2/t11-/m1/s1. The third kappa shape index (κ3) is 2.96. The number of hydrogen-bond acceptors (Lipinski definition) is 2. The van der Waals surface area contributed by atoms with Crippen molar-refractivity contribution < 1.29 is 0 Å². The van der Waals surface area contributed by atoms with Gasteiger partial charge in [0.2, 0.25) is 0 Å². The fourth-order valence-corrected chi connectivity index (χ4v) is 2.69. The van der Waals surface area contributed by atoms with Crippen LogP contribution in [0.4, 0.5) is 5.69 Å². The molecule has 96 valence electrons. The second-order valence-corrected chi connectivity index (χ2v) is 5.26. The monoisotopic (exact) mass is 310 g/mol. The Labute approximate surface area is 126 Å². The van der Waals surface area contributed by atoms with Crippen LogP contribution in [0.3, 0.4) is 0 Å². The molecule has 0 aliphatic carbocycles. The van der Waals surface area contributed by atoms with E-state index in [9.17, 15) is 5.26 Å². The predicted octanol–water partition coefficient (Wildman–Crippen LogP) is 4.88. The van der Waals surface area contributed by atoms with Crippen molar-refractivity contribution in [3.8, 4) is 6.07 Å². The molecule has 0 spiro atoms. The van der Waals surface area contributed by atoms with E-state index >= 15 is 0 Å². The molecule has 0 unspecified atom stereocenters. The van der Waals surface area contributed by atoms with Crippen LogP contribution in [0.5, 0.6) is 0 Å². The summed E-state index contributed by atoms with van der Waals surface area (Å²) in [5.74, 6) is -0.558. The first-order valence-electron chi connectivity index (χ1n) is 5.42. The zero-order chi connectivity index (χ0) is 14.0. The average Bonchev–Trinajstić information content (AvgIpc) is 2.35. The van der Waals surface area contributed by atoms with Gasteiger partial charge in [0, 0.05) is 26.3 Å². The molecule has 0 heterocycles. The summed E-state index contributed by atoms with van der Waals surface area (Å²) in [6.45, 7) is 0. The maximum absolute atomic E-state index is 9.39. The lowest BCUT2D eigenvalue weighted by atomic mass is 9.92. The Morgan fingerprint density at radius 2 is 1.53 bits per heavy atom. The normalized spacial score (nSPS) is 11.9. The summed E-state index contributed by atoms with van der Waals surface area (Å²) in [5, 5.41) is 10.8. The van der Waals surface area contributed by atoms with Gasteiger partial charge in [0.1, 0.15) is 0 Å². The molecule has 0 aliphatic rings. The van der Waals surface area contributed by atoms with Crippen molar-refractivity contribution in [1.82, 2.24) is 0 Å². The molecule has 0 saturated carbocycles. The van der Waals surface area contributed by atoms with Gasteiger partial charge in [-0.2, -0.15) is 5.26 Å². The van der Waals surface area contributed by atoms with Gasteiger partial charge in [-0.25, -0.2) is 0 Å². The molecule has 2 rings (SSSR count). The molecule has 2 aromatic rings. The van der Waals surface area contributed by atoms with Crippen LogP contribution in [0.15, 0.2) is 36.4 Å². The first-order valence-corrected chi connectivity index (χ1v) is 6.56. The van der Waals surface area contributed by atoms with Gasteiger partial charge in [0.15, 0.2) is 0 Å². The van der Waals surface area contributed by atoms with E-state index in [0.717, 1.165) is 5.56 Å². The Morgan fingerprint density at radius 3 is 2.00 bits per heavy atom. The smallest absolute Gasteiger partial charge is 0.0991 e. The van der Waals surface area contributed by atoms with E-state index in [0.29, 0.717) is 26.3 Å². The van der Waals surface area contributed by atoms with Crippen molar-refractivity contribution in [2.45, 2.75) is 5.92 Å². The van der Waals surface area contributed by atoms with Gasteiger partial charge in [-0.15, -0.1) is 0 Å². The van der Waals surface area contributed by atoms with E-state index in [2.05, 4.69) is 6.07 Å². The van der Waals surface area contributed by atoms with Crippen LogP contribution >= 0.6 is 34.8 Å². The third-order valence-corrected chi connectivity index (χ3v) is 3.60. The summed E-state index contributed by atoms with van der Waals surface area (Å²) in [5.41, 5.74) is 7.46. The first kappa shape index (κ1) is 14.0. The van der Waals surface area contributed by atoms with Crippen molar-refractivity contribution in [3.05, 3.63) is 62.6 Å². The molecular weight excluding hydrogens is 303 g/mol. The summed E-state index contributed by atoms with van der Waals surface area (Å²) < 4.78 is 0. The topological polar surface area (TPSA) is 49.8 Å². The number of nitriles is 1. The van der Waals surface area contributed by atoms with Gasteiger partial charge >= 0.3 is 0 Å². The molecule has 0 aliphatic heterocycles. The Balaban J connectivity index is 2.55. The van der Waals surface area contributed by atoms with Gasteiger partial charge in [-0.3, -0.25) is 0 Å². The van der Waals surface area contributed by atoms with E-state index in [1.807, 2.05) is 0 Å². The van der Waals surface area contributed by atoms with Crippen molar-refractivity contribution in [2.24, 2.45) is 0 Å². The lowest BCUT2D eigenvalue weighted by molar-refractivity contribution is 1.04. The molecule has 0 amide bonds. The van der Waals surface area contributed by atoms with Crippen LogP contribution in [-0.2, 0) is 0 Å². The average molecular weight is 312 g/mol. The number of nitrogen functional groups attached to an aromatic ring is 1. The van der Waals surface area contributed by atoms with Crippen molar-refractivity contribution >= 4 is 40.5 Å². The predicted molar refractivity (Wildman–Crippen MR) is 79.8 cm³/mol. The van der Waals surface area contributed by atoms with E-state index in [4.69, 9.17) is 40.5 Å². The number of hydrogen-bond donors (Lipinski definition) is 1. The fraction of sp³-hybridized carbons (Fsp3) is 0.0714. The third-order valence-electron chi connectivity index (χ3n) is 2.72. The van der Waals surface area contributed by atoms with Gasteiger partial charge < -0.3 is 5.73 Å². The number of nitrogens with zero attached hydrogens (tertiary/aromatic N) is 1. The van der Waals surface area contributed by atoms with E-state index in [-0.39, 0.29) is 0 Å². The van der Waals surface area contributed by atoms with Crippen LogP contribution < -0.4 is 5.73 Å². The minimum Gasteiger partial charge on any atom is -0.399 e. The zero-order valence-electron chi connectivity index (χ0n) is 9.70. The van der Waals surface area contributed by atoms with Gasteiger partial charge in [-0.05, 0) is 29.8 Å². The SMILES string of the molecule is N#C[C@H](c1ccc(Cl)cc1)c1c(Cl)cc(N)cc1Cl. The Kier molecular flexibility index (Phi) is 4.21. The highest BCUT2D eigenvalue weighted by Gasteiger charge is 2.20.